The topological polar surface area (TPSA) is 214 Å². The number of carbonyl (C=O) groups is 1. The van der Waals surface area contributed by atoms with E-state index in [2.05, 4.69) is 26.0 Å². The van der Waals surface area contributed by atoms with Crippen molar-refractivity contribution in [3.05, 3.63) is 12.2 Å². The lowest BCUT2D eigenvalue weighted by Gasteiger charge is -2.42. The van der Waals surface area contributed by atoms with Gasteiger partial charge in [-0.1, -0.05) is 193 Å². The number of aliphatic hydroxyl groups is 7. The number of hydrogen-bond donors (Lipinski definition) is 7. The summed E-state index contributed by atoms with van der Waals surface area (Å²) in [7, 11) is 0. The van der Waals surface area contributed by atoms with E-state index in [1.54, 1.807) is 0 Å². The van der Waals surface area contributed by atoms with Crippen LogP contribution in [0, 0.1) is 0 Å². The van der Waals surface area contributed by atoms with Crippen LogP contribution in [0.2, 0.25) is 0 Å². The Balaban J connectivity index is 1.73. The molecule has 2 aliphatic rings. The number of esters is 1. The fourth-order valence-electron chi connectivity index (χ4n) is 8.99. The first-order valence-electron chi connectivity index (χ1n) is 27.8. The largest absolute Gasteiger partial charge is 0.457 e. The lowest BCUT2D eigenvalue weighted by atomic mass is 9.98. The lowest BCUT2D eigenvalue weighted by molar-refractivity contribution is -0.332. The molecule has 2 fully saturated rings. The summed E-state index contributed by atoms with van der Waals surface area (Å²) in [5.41, 5.74) is 0. The zero-order valence-corrected chi connectivity index (χ0v) is 42.9. The van der Waals surface area contributed by atoms with Gasteiger partial charge in [0, 0.05) is 13.0 Å². The maximum Gasteiger partial charge on any atom is 0.306 e. The Morgan fingerprint density at radius 2 is 0.868 bits per heavy atom. The minimum atomic E-state index is -1.70. The van der Waals surface area contributed by atoms with E-state index in [4.69, 9.17) is 28.4 Å². The lowest BCUT2D eigenvalue weighted by Crippen LogP contribution is -2.61. The van der Waals surface area contributed by atoms with Gasteiger partial charge in [0.25, 0.3) is 0 Å². The fourth-order valence-corrected chi connectivity index (χ4v) is 8.99. The highest BCUT2D eigenvalue weighted by Gasteiger charge is 2.47. The summed E-state index contributed by atoms with van der Waals surface area (Å²) in [6.45, 7) is 3.72. The summed E-state index contributed by atoms with van der Waals surface area (Å²) in [5.74, 6) is -0.372. The molecule has 14 heteroatoms. The number of unbranched alkanes of at least 4 members (excludes halogenated alkanes) is 29. The molecule has 14 nitrogen and oxygen atoms in total. The smallest absolute Gasteiger partial charge is 0.306 e. The van der Waals surface area contributed by atoms with Crippen molar-refractivity contribution in [2.24, 2.45) is 0 Å². The van der Waals surface area contributed by atoms with E-state index >= 15 is 0 Å². The molecule has 2 heterocycles. The quantitative estimate of drug-likeness (QED) is 0.0172. The summed E-state index contributed by atoms with van der Waals surface area (Å²) in [4.78, 5) is 13.0. The van der Waals surface area contributed by atoms with Crippen LogP contribution in [0.5, 0.6) is 0 Å². The van der Waals surface area contributed by atoms with Crippen LogP contribution in [0.3, 0.4) is 0 Å². The molecule has 0 aromatic carbocycles. The van der Waals surface area contributed by atoms with Crippen LogP contribution in [-0.4, -0.2) is 142 Å². The molecule has 11 unspecified atom stereocenters. The van der Waals surface area contributed by atoms with Gasteiger partial charge >= 0.3 is 5.97 Å². The van der Waals surface area contributed by atoms with Gasteiger partial charge in [0.1, 0.15) is 54.9 Å². The van der Waals surface area contributed by atoms with Gasteiger partial charge in [0.2, 0.25) is 0 Å². The minimum Gasteiger partial charge on any atom is -0.457 e. The molecule has 0 amide bonds. The van der Waals surface area contributed by atoms with Crippen LogP contribution >= 0.6 is 0 Å². The Morgan fingerprint density at radius 3 is 1.34 bits per heavy atom. The second-order valence-corrected chi connectivity index (χ2v) is 19.8. The highest BCUT2D eigenvalue weighted by Crippen LogP contribution is 2.27. The molecule has 2 rings (SSSR count). The SMILES string of the molecule is CCCCCCCC/C=C\CCCCCCCCCCOCC(COC1OC(COC2OC(CO)C(O)C(O)C2O)C(O)C(O)C1O)OC(=O)CCCCCCCCCCCCCCCCCC. The van der Waals surface area contributed by atoms with Crippen LogP contribution in [-0.2, 0) is 33.2 Å². The summed E-state index contributed by atoms with van der Waals surface area (Å²) in [5, 5.41) is 72.2. The maximum atomic E-state index is 13.0. The van der Waals surface area contributed by atoms with Gasteiger partial charge in [-0.15, -0.1) is 0 Å². The Hall–Kier alpha value is -1.27. The van der Waals surface area contributed by atoms with Crippen molar-refractivity contribution in [1.29, 1.82) is 0 Å². The third kappa shape index (κ3) is 29.3. The van der Waals surface area contributed by atoms with Crippen LogP contribution in [0.15, 0.2) is 12.2 Å². The Kier molecular flexibility index (Phi) is 39.1. The molecule has 0 aliphatic carbocycles. The minimum absolute atomic E-state index is 0.0652. The standard InChI is InChI=1S/C54H102O14/c1-3-5-7-9-11-13-15-17-19-21-22-24-26-28-30-32-34-36-38-63-40-43(66-46(56)37-35-33-31-29-27-25-23-20-18-16-14-12-10-8-6-4-2)41-64-53-52(62)50(60)48(58)45(68-53)42-65-54-51(61)49(59)47(57)44(39-55)67-54/h17,19,43-45,47-55,57-62H,3-16,18,20-42H2,1-2H3/b19-17-. The van der Waals surface area contributed by atoms with Crippen molar-refractivity contribution < 1.29 is 69.0 Å². The second-order valence-electron chi connectivity index (χ2n) is 19.8. The highest BCUT2D eigenvalue weighted by molar-refractivity contribution is 5.69. The van der Waals surface area contributed by atoms with Gasteiger partial charge in [-0.05, 0) is 38.5 Å². The van der Waals surface area contributed by atoms with Crippen LogP contribution in [0.4, 0.5) is 0 Å². The average Bonchev–Trinajstić information content (AvgIpc) is 3.33. The third-order valence-electron chi connectivity index (χ3n) is 13.5. The highest BCUT2D eigenvalue weighted by atomic mass is 16.7. The molecule has 2 saturated heterocycles. The molecular weight excluding hydrogens is 873 g/mol. The molecule has 0 spiro atoms. The molecule has 402 valence electrons. The second kappa shape index (κ2) is 42.3. The predicted molar refractivity (Wildman–Crippen MR) is 266 cm³/mol. The first-order valence-corrected chi connectivity index (χ1v) is 27.8. The molecule has 0 aromatic rings. The van der Waals surface area contributed by atoms with E-state index < -0.39 is 80.7 Å². The van der Waals surface area contributed by atoms with Crippen molar-refractivity contribution in [3.63, 3.8) is 0 Å². The zero-order chi connectivity index (χ0) is 49.5. The first kappa shape index (κ1) is 62.8. The normalized spacial score (nSPS) is 25.9. The molecule has 68 heavy (non-hydrogen) atoms. The van der Waals surface area contributed by atoms with Gasteiger partial charge < -0.3 is 64.2 Å². The Bertz CT molecular complexity index is 1180. The van der Waals surface area contributed by atoms with Gasteiger partial charge in [-0.25, -0.2) is 0 Å². The molecule has 0 saturated carbocycles. The Labute approximate surface area is 412 Å². The number of hydrogen-bond acceptors (Lipinski definition) is 14. The van der Waals surface area contributed by atoms with Crippen LogP contribution in [0.25, 0.3) is 0 Å². The monoisotopic (exact) mass is 975 g/mol. The predicted octanol–water partition coefficient (Wildman–Crippen LogP) is 9.02. The number of ether oxygens (including phenoxy) is 6. The number of allylic oxidation sites excluding steroid dienone is 2. The molecule has 0 aromatic heterocycles. The summed E-state index contributed by atoms with van der Waals surface area (Å²) in [6.07, 6.45) is 28.4. The molecule has 2 aliphatic heterocycles. The van der Waals surface area contributed by atoms with E-state index in [1.165, 1.54) is 161 Å². The average molecular weight is 975 g/mol. The van der Waals surface area contributed by atoms with Crippen molar-refractivity contribution in [3.8, 4) is 0 Å². The molecule has 0 radical (unpaired) electrons. The van der Waals surface area contributed by atoms with E-state index in [0.29, 0.717) is 13.0 Å². The zero-order valence-electron chi connectivity index (χ0n) is 42.9. The van der Waals surface area contributed by atoms with E-state index in [0.717, 1.165) is 38.5 Å². The summed E-state index contributed by atoms with van der Waals surface area (Å²) in [6, 6.07) is 0. The summed E-state index contributed by atoms with van der Waals surface area (Å²) >= 11 is 0. The maximum absolute atomic E-state index is 13.0. The van der Waals surface area contributed by atoms with Crippen molar-refractivity contribution >= 4 is 5.97 Å². The van der Waals surface area contributed by atoms with Crippen molar-refractivity contribution in [1.82, 2.24) is 0 Å². The molecule has 11 atom stereocenters. The van der Waals surface area contributed by atoms with Crippen LogP contribution in [0.1, 0.15) is 226 Å². The first-order chi connectivity index (χ1) is 33.1. The third-order valence-corrected chi connectivity index (χ3v) is 13.5. The van der Waals surface area contributed by atoms with E-state index in [1.807, 2.05) is 0 Å². The fraction of sp³-hybridized carbons (Fsp3) is 0.944. The number of rotatable bonds is 45. The molecule has 7 N–H and O–H groups in total. The van der Waals surface area contributed by atoms with Gasteiger partial charge in [0.15, 0.2) is 12.6 Å². The van der Waals surface area contributed by atoms with Gasteiger partial charge in [-0.3, -0.25) is 4.79 Å². The number of carbonyl (C=O) groups excluding carboxylic acids is 1. The van der Waals surface area contributed by atoms with Crippen molar-refractivity contribution in [2.75, 3.05) is 33.0 Å². The van der Waals surface area contributed by atoms with E-state index in [9.17, 15) is 40.5 Å². The van der Waals surface area contributed by atoms with Gasteiger partial charge in [-0.2, -0.15) is 0 Å². The molecular formula is C54H102O14. The van der Waals surface area contributed by atoms with Crippen molar-refractivity contribution in [2.45, 2.75) is 293 Å². The van der Waals surface area contributed by atoms with Gasteiger partial charge in [0.05, 0.1) is 26.4 Å². The van der Waals surface area contributed by atoms with E-state index in [-0.39, 0.29) is 25.6 Å². The van der Waals surface area contributed by atoms with Crippen LogP contribution < -0.4 is 0 Å². The Morgan fingerprint density at radius 1 is 0.471 bits per heavy atom. The molecule has 0 bridgehead atoms. The number of aliphatic hydroxyl groups excluding tert-OH is 7. The summed E-state index contributed by atoms with van der Waals surface area (Å²) < 4.78 is 34.4.